The van der Waals surface area contributed by atoms with Gasteiger partial charge in [-0.05, 0) is 25.0 Å². The van der Waals surface area contributed by atoms with Gasteiger partial charge in [0.25, 0.3) is 0 Å². The van der Waals surface area contributed by atoms with Crippen molar-refractivity contribution in [1.29, 1.82) is 0 Å². The topological polar surface area (TPSA) is 143 Å². The van der Waals surface area contributed by atoms with Crippen LogP contribution >= 0.6 is 0 Å². The number of aromatic nitrogens is 3. The Labute approximate surface area is 198 Å². The molecule has 2 heterocycles. The maximum atomic E-state index is 11.6. The van der Waals surface area contributed by atoms with E-state index in [9.17, 15) is 19.8 Å². The first-order valence-corrected chi connectivity index (χ1v) is 10.2. The minimum absolute atomic E-state index is 0. The molecular weight excluding hydrogens is 458 g/mol. The van der Waals surface area contributed by atoms with Gasteiger partial charge in [0.1, 0.15) is 0 Å². The molecule has 1 saturated carbocycles. The first-order chi connectivity index (χ1) is 14.4. The maximum Gasteiger partial charge on any atom is 2.00 e. The third kappa shape index (κ3) is 7.99. The third-order valence-corrected chi connectivity index (χ3v) is 5.52. The van der Waals surface area contributed by atoms with Gasteiger partial charge in [-0.3, -0.25) is 24.4 Å². The maximum absolute atomic E-state index is 11.6. The SMILES string of the molecule is Cn1cnc(CN(CC(=O)O)C2CCCC[C@@H]2N(CC(=O)O)Cc2ccccn2)c1.O.[Fe+2]. The molecule has 0 aliphatic heterocycles. The van der Waals surface area contributed by atoms with Crippen molar-refractivity contribution in [3.8, 4) is 0 Å². The Morgan fingerprint density at radius 1 is 1.00 bits per heavy atom. The van der Waals surface area contributed by atoms with E-state index in [1.54, 1.807) is 12.5 Å². The van der Waals surface area contributed by atoms with Crippen molar-refractivity contribution in [2.24, 2.45) is 7.05 Å². The van der Waals surface area contributed by atoms with Crippen LogP contribution in [-0.2, 0) is 46.8 Å². The molecule has 0 amide bonds. The van der Waals surface area contributed by atoms with Gasteiger partial charge in [0, 0.05) is 44.6 Å². The van der Waals surface area contributed by atoms with Gasteiger partial charge in [0.05, 0.1) is 30.8 Å². The summed E-state index contributed by atoms with van der Waals surface area (Å²) in [5, 5.41) is 19.0. The Morgan fingerprint density at radius 3 is 2.00 bits per heavy atom. The fraction of sp³-hybridized carbons (Fsp3) is 0.524. The molecule has 4 N–H and O–H groups in total. The van der Waals surface area contributed by atoms with Crippen molar-refractivity contribution in [2.45, 2.75) is 50.9 Å². The molecule has 1 aliphatic carbocycles. The molecule has 32 heavy (non-hydrogen) atoms. The van der Waals surface area contributed by atoms with Crippen LogP contribution in [0.5, 0.6) is 0 Å². The molecule has 0 saturated heterocycles. The van der Waals surface area contributed by atoms with Crippen molar-refractivity contribution in [3.05, 3.63) is 48.3 Å². The van der Waals surface area contributed by atoms with E-state index in [1.165, 1.54) is 0 Å². The van der Waals surface area contributed by atoms with Crippen LogP contribution in [0.3, 0.4) is 0 Å². The van der Waals surface area contributed by atoms with E-state index < -0.39 is 11.9 Å². The predicted octanol–water partition coefficient (Wildman–Crippen LogP) is 0.773. The van der Waals surface area contributed by atoms with E-state index >= 15 is 0 Å². The van der Waals surface area contributed by atoms with Gasteiger partial charge in [0.2, 0.25) is 0 Å². The average molecular weight is 489 g/mol. The second-order valence-corrected chi connectivity index (χ2v) is 7.87. The largest absolute Gasteiger partial charge is 2.00 e. The van der Waals surface area contributed by atoms with Gasteiger partial charge in [-0.1, -0.05) is 18.9 Å². The Bertz CT molecular complexity index is 850. The minimum atomic E-state index is -0.898. The van der Waals surface area contributed by atoms with Crippen molar-refractivity contribution in [1.82, 2.24) is 24.3 Å². The molecule has 2 atom stereocenters. The smallest absolute Gasteiger partial charge is 0.480 e. The molecule has 176 valence electrons. The summed E-state index contributed by atoms with van der Waals surface area (Å²) >= 11 is 0. The molecule has 1 aliphatic rings. The summed E-state index contributed by atoms with van der Waals surface area (Å²) in [5.41, 5.74) is 1.61. The normalized spacial score (nSPS) is 18.1. The molecule has 3 rings (SSSR count). The number of hydrogen-bond donors (Lipinski definition) is 2. The molecule has 10 nitrogen and oxygen atoms in total. The summed E-state index contributed by atoms with van der Waals surface area (Å²) in [6, 6.07) is 5.46. The number of aliphatic carboxylic acids is 2. The third-order valence-electron chi connectivity index (χ3n) is 5.52. The number of aryl methyl sites for hydroxylation is 1. The van der Waals surface area contributed by atoms with E-state index in [0.29, 0.717) is 13.1 Å². The van der Waals surface area contributed by atoms with Crippen molar-refractivity contribution >= 4 is 11.9 Å². The summed E-state index contributed by atoms with van der Waals surface area (Å²) in [5.74, 6) is -1.80. The van der Waals surface area contributed by atoms with Gasteiger partial charge in [-0.25, -0.2) is 4.98 Å². The molecule has 11 heteroatoms. The first-order valence-electron chi connectivity index (χ1n) is 10.2. The van der Waals surface area contributed by atoms with Crippen molar-refractivity contribution in [3.63, 3.8) is 0 Å². The zero-order valence-electron chi connectivity index (χ0n) is 18.1. The number of hydrogen-bond acceptors (Lipinski definition) is 6. The molecule has 2 aromatic rings. The van der Waals surface area contributed by atoms with Crippen molar-refractivity contribution in [2.75, 3.05) is 13.1 Å². The van der Waals surface area contributed by atoms with Crippen LogP contribution in [-0.4, -0.2) is 77.1 Å². The summed E-state index contributed by atoms with van der Waals surface area (Å²) in [6.45, 7) is 0.613. The number of carboxylic acid groups (broad SMARTS) is 2. The van der Waals surface area contributed by atoms with E-state index in [0.717, 1.165) is 37.1 Å². The summed E-state index contributed by atoms with van der Waals surface area (Å²) in [6.07, 6.45) is 8.91. The Balaban J connectivity index is 0.00000256. The van der Waals surface area contributed by atoms with Crippen LogP contribution in [0.25, 0.3) is 0 Å². The molecule has 1 unspecified atom stereocenters. The Hall–Kier alpha value is -2.30. The van der Waals surface area contributed by atoms with Crippen molar-refractivity contribution < 1.29 is 42.3 Å². The standard InChI is InChI=1S/C21H29N5O4.Fe.H2O/c1-24-10-17(23-15-24)12-26(14-21(29)30)19-8-3-2-7-18(19)25(13-20(27)28)11-16-6-4-5-9-22-16;;/h4-6,9-10,15,18-19H,2-3,7-8,11-14H2,1H3,(H,27,28)(H,29,30);;1H2/q;+2;/t18-,19?;;/m0../s1. The number of nitrogens with zero attached hydrogens (tertiary/aromatic N) is 5. The van der Waals surface area contributed by atoms with Gasteiger partial charge < -0.3 is 20.3 Å². The monoisotopic (exact) mass is 489 g/mol. The minimum Gasteiger partial charge on any atom is -0.480 e. The molecule has 0 spiro atoms. The first kappa shape index (κ1) is 27.7. The summed E-state index contributed by atoms with van der Waals surface area (Å²) in [7, 11) is 1.88. The Morgan fingerprint density at radius 2 is 1.56 bits per heavy atom. The quantitative estimate of drug-likeness (QED) is 0.466. The fourth-order valence-corrected chi connectivity index (χ4v) is 4.33. The van der Waals surface area contributed by atoms with Gasteiger partial charge >= 0.3 is 29.0 Å². The second-order valence-electron chi connectivity index (χ2n) is 7.87. The number of carboxylic acids is 2. The van der Waals surface area contributed by atoms with Crippen LogP contribution < -0.4 is 0 Å². The van der Waals surface area contributed by atoms with Gasteiger partial charge in [-0.15, -0.1) is 0 Å². The van der Waals surface area contributed by atoms with E-state index in [4.69, 9.17) is 0 Å². The number of pyridine rings is 1. The van der Waals surface area contributed by atoms with Crippen LogP contribution in [0, 0.1) is 0 Å². The molecule has 0 aromatic carbocycles. The zero-order chi connectivity index (χ0) is 21.5. The van der Waals surface area contributed by atoms with Crippen LogP contribution in [0.15, 0.2) is 36.9 Å². The number of rotatable bonds is 10. The Kier molecular flexibility index (Phi) is 11.5. The van der Waals surface area contributed by atoms with Crippen LogP contribution in [0.4, 0.5) is 0 Å². The zero-order valence-corrected chi connectivity index (χ0v) is 19.2. The van der Waals surface area contributed by atoms with Gasteiger partial charge in [-0.2, -0.15) is 0 Å². The van der Waals surface area contributed by atoms with E-state index in [2.05, 4.69) is 9.97 Å². The number of imidazole rings is 1. The molecular formula is C21H31FeN5O5+2. The van der Waals surface area contributed by atoms with Crippen LogP contribution in [0.2, 0.25) is 0 Å². The second kappa shape index (κ2) is 13.3. The molecule has 2 aromatic heterocycles. The van der Waals surface area contributed by atoms with E-state index in [1.807, 2.05) is 45.8 Å². The van der Waals surface area contributed by atoms with Gasteiger partial charge in [0.15, 0.2) is 0 Å². The molecule has 0 bridgehead atoms. The average Bonchev–Trinajstić information content (AvgIpc) is 3.12. The summed E-state index contributed by atoms with van der Waals surface area (Å²) < 4.78 is 1.84. The fourth-order valence-electron chi connectivity index (χ4n) is 4.33. The number of carbonyl (C=O) groups is 2. The molecule has 0 radical (unpaired) electrons. The predicted molar refractivity (Wildman–Crippen MR) is 113 cm³/mol. The molecule has 1 fully saturated rings. The van der Waals surface area contributed by atoms with E-state index in [-0.39, 0.29) is 47.7 Å². The van der Waals surface area contributed by atoms with Crippen LogP contribution in [0.1, 0.15) is 37.1 Å². The summed E-state index contributed by atoms with van der Waals surface area (Å²) in [4.78, 5) is 35.8.